The maximum absolute atomic E-state index is 12.9. The molecule has 138 valence electrons. The van der Waals surface area contributed by atoms with Crippen LogP contribution >= 0.6 is 23.4 Å². The van der Waals surface area contributed by atoms with Crippen molar-refractivity contribution in [2.24, 2.45) is 0 Å². The molecule has 0 aliphatic carbocycles. The van der Waals surface area contributed by atoms with Crippen LogP contribution in [0, 0.1) is 0 Å². The molecule has 1 aliphatic heterocycles. The molecule has 0 spiro atoms. The van der Waals surface area contributed by atoms with Gasteiger partial charge in [-0.15, -0.1) is 10.2 Å². The number of nitrogen functional groups attached to an aromatic ring is 1. The third kappa shape index (κ3) is 3.40. The summed E-state index contributed by atoms with van der Waals surface area (Å²) in [4.78, 5) is 14.8. The molecule has 1 amide bonds. The number of aromatic nitrogens is 3. The van der Waals surface area contributed by atoms with Crippen LogP contribution in [0.15, 0.2) is 53.7 Å². The van der Waals surface area contributed by atoms with Gasteiger partial charge in [0.15, 0.2) is 5.82 Å². The molecule has 1 aliphatic rings. The molecular formula is C19H18ClN5OS. The molecule has 0 fully saturated rings. The van der Waals surface area contributed by atoms with Crippen molar-refractivity contribution in [2.75, 3.05) is 17.3 Å². The van der Waals surface area contributed by atoms with Gasteiger partial charge in [-0.05, 0) is 49.2 Å². The molecule has 2 heterocycles. The van der Waals surface area contributed by atoms with Gasteiger partial charge in [0.05, 0.1) is 5.25 Å². The second-order valence-corrected chi connectivity index (χ2v) is 8.06. The van der Waals surface area contributed by atoms with Crippen LogP contribution in [0.4, 0.5) is 5.69 Å². The summed E-state index contributed by atoms with van der Waals surface area (Å²) < 4.78 is 1.41. The van der Waals surface area contributed by atoms with Crippen LogP contribution in [0.3, 0.4) is 0 Å². The van der Waals surface area contributed by atoms with Crippen molar-refractivity contribution in [2.45, 2.75) is 23.8 Å². The normalized spacial score (nSPS) is 14.2. The fourth-order valence-electron chi connectivity index (χ4n) is 3.15. The minimum Gasteiger partial charge on any atom is -0.335 e. The van der Waals surface area contributed by atoms with Crippen molar-refractivity contribution in [3.63, 3.8) is 0 Å². The lowest BCUT2D eigenvalue weighted by molar-refractivity contribution is -0.117. The number of hydrogen-bond donors (Lipinski definition) is 1. The number of para-hydroxylation sites is 1. The van der Waals surface area contributed by atoms with Gasteiger partial charge >= 0.3 is 0 Å². The summed E-state index contributed by atoms with van der Waals surface area (Å²) >= 11 is 7.23. The van der Waals surface area contributed by atoms with E-state index in [-0.39, 0.29) is 11.2 Å². The van der Waals surface area contributed by atoms with E-state index >= 15 is 0 Å². The Kier molecular flexibility index (Phi) is 4.80. The fraction of sp³-hybridized carbons (Fsp3) is 0.211. The number of carbonyl (C=O) groups excluding carboxylic acids is 1. The summed E-state index contributed by atoms with van der Waals surface area (Å²) in [6.07, 6.45) is 0.882. The van der Waals surface area contributed by atoms with Crippen LogP contribution in [-0.2, 0) is 11.2 Å². The zero-order valence-corrected chi connectivity index (χ0v) is 16.2. The van der Waals surface area contributed by atoms with E-state index in [9.17, 15) is 4.79 Å². The van der Waals surface area contributed by atoms with E-state index in [1.165, 1.54) is 22.0 Å². The molecule has 2 aromatic carbocycles. The Hall–Kier alpha value is -2.51. The van der Waals surface area contributed by atoms with Gasteiger partial charge in [0.2, 0.25) is 11.1 Å². The molecule has 1 aromatic heterocycles. The number of nitrogens with zero attached hydrogens (tertiary/aromatic N) is 4. The van der Waals surface area contributed by atoms with Crippen LogP contribution < -0.4 is 10.7 Å². The highest BCUT2D eigenvalue weighted by molar-refractivity contribution is 8.00. The van der Waals surface area contributed by atoms with Gasteiger partial charge in [-0.2, -0.15) is 0 Å². The molecule has 2 N–H and O–H groups in total. The average molecular weight is 400 g/mol. The van der Waals surface area contributed by atoms with Crippen molar-refractivity contribution in [3.8, 4) is 11.4 Å². The Morgan fingerprint density at radius 3 is 2.70 bits per heavy atom. The number of amides is 1. The molecule has 0 saturated heterocycles. The first kappa shape index (κ1) is 17.9. The number of rotatable bonds is 4. The van der Waals surface area contributed by atoms with Gasteiger partial charge in [-0.1, -0.05) is 41.6 Å². The van der Waals surface area contributed by atoms with Crippen LogP contribution in [0.1, 0.15) is 12.5 Å². The van der Waals surface area contributed by atoms with E-state index < -0.39 is 0 Å². The lowest BCUT2D eigenvalue weighted by Crippen LogP contribution is -2.35. The van der Waals surface area contributed by atoms with E-state index in [4.69, 9.17) is 17.4 Å². The predicted octanol–water partition coefficient (Wildman–Crippen LogP) is 3.38. The Balaban J connectivity index is 1.51. The second kappa shape index (κ2) is 7.25. The Labute approximate surface area is 166 Å². The molecular weight excluding hydrogens is 382 g/mol. The van der Waals surface area contributed by atoms with Crippen molar-refractivity contribution in [3.05, 3.63) is 59.1 Å². The monoisotopic (exact) mass is 399 g/mol. The summed E-state index contributed by atoms with van der Waals surface area (Å²) in [5.41, 5.74) is 3.01. The summed E-state index contributed by atoms with van der Waals surface area (Å²) in [5, 5.41) is 9.12. The summed E-state index contributed by atoms with van der Waals surface area (Å²) in [7, 11) is 0. The van der Waals surface area contributed by atoms with Crippen LogP contribution in [0.25, 0.3) is 11.4 Å². The zero-order chi connectivity index (χ0) is 19.0. The minimum absolute atomic E-state index is 0.0426. The Morgan fingerprint density at radius 1 is 1.19 bits per heavy atom. The molecule has 0 radical (unpaired) electrons. The number of hydrogen-bond acceptors (Lipinski definition) is 5. The topological polar surface area (TPSA) is 77.0 Å². The molecule has 0 bridgehead atoms. The van der Waals surface area contributed by atoms with Gasteiger partial charge in [0.25, 0.3) is 0 Å². The third-order valence-electron chi connectivity index (χ3n) is 4.55. The van der Waals surface area contributed by atoms with E-state index in [1.807, 2.05) is 42.2 Å². The first-order valence-electron chi connectivity index (χ1n) is 8.57. The average Bonchev–Trinajstić information content (AvgIpc) is 3.26. The largest absolute Gasteiger partial charge is 0.335 e. The first-order valence-corrected chi connectivity index (χ1v) is 9.82. The van der Waals surface area contributed by atoms with Gasteiger partial charge < -0.3 is 10.7 Å². The number of fused-ring (bicyclic) bond motifs is 1. The maximum atomic E-state index is 12.9. The molecule has 8 heteroatoms. The van der Waals surface area contributed by atoms with Gasteiger partial charge in [0.1, 0.15) is 0 Å². The minimum atomic E-state index is -0.333. The summed E-state index contributed by atoms with van der Waals surface area (Å²) in [6.45, 7) is 2.57. The second-order valence-electron chi connectivity index (χ2n) is 6.31. The van der Waals surface area contributed by atoms with Crippen molar-refractivity contribution in [1.82, 2.24) is 14.9 Å². The molecule has 3 aromatic rings. The van der Waals surface area contributed by atoms with Gasteiger partial charge in [-0.25, -0.2) is 4.68 Å². The fourth-order valence-corrected chi connectivity index (χ4v) is 4.11. The highest BCUT2D eigenvalue weighted by atomic mass is 35.5. The predicted molar refractivity (Wildman–Crippen MR) is 108 cm³/mol. The van der Waals surface area contributed by atoms with Crippen molar-refractivity contribution >= 4 is 35.0 Å². The molecule has 1 atom stereocenters. The number of benzene rings is 2. The SMILES string of the molecule is C[C@H](Sc1nnc(-c2ccc(Cl)cc2)n1N)C(=O)N1CCc2ccccc21. The lowest BCUT2D eigenvalue weighted by Gasteiger charge is -2.21. The third-order valence-corrected chi connectivity index (χ3v) is 5.85. The summed E-state index contributed by atoms with van der Waals surface area (Å²) in [5.74, 6) is 6.74. The first-order chi connectivity index (χ1) is 13.0. The van der Waals surface area contributed by atoms with E-state index in [0.29, 0.717) is 22.5 Å². The molecule has 0 unspecified atom stereocenters. The molecule has 4 rings (SSSR count). The summed E-state index contributed by atoms with van der Waals surface area (Å²) in [6, 6.07) is 15.2. The standard InChI is InChI=1S/C19H18ClN5OS/c1-12(18(26)24-11-10-13-4-2-3-5-16(13)24)27-19-23-22-17(25(19)21)14-6-8-15(20)9-7-14/h2-9,12H,10-11,21H2,1H3/t12-/m0/s1. The number of anilines is 1. The number of carbonyl (C=O) groups is 1. The Morgan fingerprint density at radius 2 is 1.93 bits per heavy atom. The maximum Gasteiger partial charge on any atom is 0.240 e. The lowest BCUT2D eigenvalue weighted by atomic mass is 10.2. The number of halogens is 1. The smallest absolute Gasteiger partial charge is 0.240 e. The van der Waals surface area contributed by atoms with Crippen LogP contribution in [0.2, 0.25) is 5.02 Å². The Bertz CT molecular complexity index is 988. The van der Waals surface area contributed by atoms with Gasteiger partial charge in [-0.3, -0.25) is 4.79 Å². The van der Waals surface area contributed by atoms with Gasteiger partial charge in [0, 0.05) is 22.8 Å². The van der Waals surface area contributed by atoms with Crippen molar-refractivity contribution in [1.29, 1.82) is 0 Å². The number of nitrogens with two attached hydrogens (primary N) is 1. The number of thioether (sulfide) groups is 1. The van der Waals surface area contributed by atoms with Crippen LogP contribution in [0.5, 0.6) is 0 Å². The van der Waals surface area contributed by atoms with Crippen molar-refractivity contribution < 1.29 is 4.79 Å². The van der Waals surface area contributed by atoms with E-state index in [2.05, 4.69) is 16.3 Å². The van der Waals surface area contributed by atoms with Crippen LogP contribution in [-0.4, -0.2) is 32.6 Å². The molecule has 0 saturated carbocycles. The zero-order valence-electron chi connectivity index (χ0n) is 14.7. The van der Waals surface area contributed by atoms with E-state index in [1.54, 1.807) is 12.1 Å². The quantitative estimate of drug-likeness (QED) is 0.537. The molecule has 27 heavy (non-hydrogen) atoms. The highest BCUT2D eigenvalue weighted by Crippen LogP contribution is 2.31. The van der Waals surface area contributed by atoms with E-state index in [0.717, 1.165) is 17.7 Å². The highest BCUT2D eigenvalue weighted by Gasteiger charge is 2.29. The molecule has 6 nitrogen and oxygen atoms in total.